The van der Waals surface area contributed by atoms with Gasteiger partial charge < -0.3 is 14.7 Å². The molecule has 33 heavy (non-hydrogen) atoms. The van der Waals surface area contributed by atoms with Crippen LogP contribution in [0.2, 0.25) is 0 Å². The fourth-order valence-electron chi connectivity index (χ4n) is 3.93. The van der Waals surface area contributed by atoms with Crippen molar-refractivity contribution >= 4 is 11.9 Å². The summed E-state index contributed by atoms with van der Waals surface area (Å²) in [6, 6.07) is 15.9. The molecule has 3 aromatic rings. The molecule has 1 unspecified atom stereocenters. The van der Waals surface area contributed by atoms with Crippen molar-refractivity contribution in [2.75, 3.05) is 14.1 Å². The van der Waals surface area contributed by atoms with Crippen molar-refractivity contribution in [3.05, 3.63) is 70.9 Å². The largest absolute Gasteiger partial charge is 0.481 e. The number of carboxylic acids is 1. The summed E-state index contributed by atoms with van der Waals surface area (Å²) in [6.45, 7) is 3.29. The van der Waals surface area contributed by atoms with Gasteiger partial charge in [-0.2, -0.15) is 5.26 Å². The number of amides is 1. The zero-order valence-corrected chi connectivity index (χ0v) is 18.7. The maximum Gasteiger partial charge on any atom is 0.310 e. The molecule has 0 spiro atoms. The van der Waals surface area contributed by atoms with E-state index in [0.29, 0.717) is 22.4 Å². The number of fused-ring (bicyclic) bond motifs is 2. The van der Waals surface area contributed by atoms with E-state index in [9.17, 15) is 20.0 Å². The number of nitrogens with zero attached hydrogens (tertiary/aromatic N) is 4. The molecule has 166 valence electrons. The Morgan fingerprint density at radius 3 is 2.18 bits per heavy atom. The van der Waals surface area contributed by atoms with Gasteiger partial charge in [0, 0.05) is 42.3 Å². The van der Waals surface area contributed by atoms with Gasteiger partial charge in [-0.25, -0.2) is 9.97 Å². The maximum absolute atomic E-state index is 12.2. The van der Waals surface area contributed by atoms with Gasteiger partial charge in [-0.15, -0.1) is 0 Å². The topological polar surface area (TPSA) is 116 Å². The molecule has 3 heterocycles. The molecule has 0 radical (unpaired) electrons. The first kappa shape index (κ1) is 22.0. The summed E-state index contributed by atoms with van der Waals surface area (Å²) in [4.78, 5) is 34.7. The Hall–Kier alpha value is -4.25. The van der Waals surface area contributed by atoms with E-state index >= 15 is 0 Å². The average Bonchev–Trinajstić information content (AvgIpc) is 2.81. The summed E-state index contributed by atoms with van der Waals surface area (Å²) in [7, 11) is 3.38. The predicted octanol–water partition coefficient (Wildman–Crippen LogP) is 4.07. The molecule has 0 aliphatic carbocycles. The lowest BCUT2D eigenvalue weighted by molar-refractivity contribution is -0.147. The Bertz CT molecular complexity index is 1310. The van der Waals surface area contributed by atoms with Crippen LogP contribution in [0.15, 0.2) is 48.5 Å². The average molecular weight is 442 g/mol. The van der Waals surface area contributed by atoms with Crippen LogP contribution in [0.1, 0.15) is 46.9 Å². The third-order valence-corrected chi connectivity index (χ3v) is 5.82. The number of hydrogen-bond donors (Lipinski definition) is 1. The van der Waals surface area contributed by atoms with E-state index in [1.54, 1.807) is 70.4 Å². The van der Waals surface area contributed by atoms with Gasteiger partial charge in [0.1, 0.15) is 11.8 Å². The lowest BCUT2D eigenvalue weighted by Gasteiger charge is -2.35. The molecular formula is C25H22N4O4. The van der Waals surface area contributed by atoms with Crippen LogP contribution >= 0.6 is 0 Å². The third kappa shape index (κ3) is 3.78. The number of aliphatic carboxylic acids is 1. The Balaban J connectivity index is 1.80. The summed E-state index contributed by atoms with van der Waals surface area (Å²) < 4.78 is 5.95. The first-order chi connectivity index (χ1) is 15.6. The fraction of sp³-hybridized carbons (Fsp3) is 0.240. The van der Waals surface area contributed by atoms with E-state index < -0.39 is 17.3 Å². The number of benzene rings is 1. The highest BCUT2D eigenvalue weighted by molar-refractivity contribution is 5.94. The van der Waals surface area contributed by atoms with E-state index in [1.165, 1.54) is 4.90 Å². The quantitative estimate of drug-likeness (QED) is 0.647. The van der Waals surface area contributed by atoms with Crippen molar-refractivity contribution in [3.63, 3.8) is 0 Å². The number of nitriles is 1. The van der Waals surface area contributed by atoms with Crippen LogP contribution in [0.25, 0.3) is 11.3 Å². The van der Waals surface area contributed by atoms with Crippen molar-refractivity contribution in [1.29, 1.82) is 5.26 Å². The molecule has 8 heteroatoms. The van der Waals surface area contributed by atoms with Gasteiger partial charge in [0.05, 0.1) is 11.1 Å². The normalized spacial score (nSPS) is 14.3. The molecular weight excluding hydrogens is 420 g/mol. The minimum Gasteiger partial charge on any atom is -0.481 e. The van der Waals surface area contributed by atoms with E-state index in [0.717, 1.165) is 5.56 Å². The second-order valence-corrected chi connectivity index (χ2v) is 8.63. The molecule has 4 rings (SSSR count). The van der Waals surface area contributed by atoms with Crippen LogP contribution in [0.3, 0.4) is 0 Å². The summed E-state index contributed by atoms with van der Waals surface area (Å²) in [5, 5.41) is 19.2. The van der Waals surface area contributed by atoms with Crippen molar-refractivity contribution < 1.29 is 19.4 Å². The lowest BCUT2D eigenvalue weighted by Crippen LogP contribution is -2.34. The number of ether oxygens (including phenoxy) is 1. The molecule has 0 bridgehead atoms. The number of pyridine rings is 2. The van der Waals surface area contributed by atoms with Crippen molar-refractivity contribution in [2.24, 2.45) is 5.41 Å². The van der Waals surface area contributed by atoms with Gasteiger partial charge in [-0.05, 0) is 38.1 Å². The molecule has 1 aliphatic rings. The van der Waals surface area contributed by atoms with Gasteiger partial charge >= 0.3 is 5.97 Å². The van der Waals surface area contributed by atoms with Crippen LogP contribution in [-0.2, 0) is 4.79 Å². The number of carbonyl (C=O) groups is 2. The lowest BCUT2D eigenvalue weighted by atomic mass is 9.71. The van der Waals surface area contributed by atoms with Crippen LogP contribution < -0.4 is 4.74 Å². The summed E-state index contributed by atoms with van der Waals surface area (Å²) in [5.41, 5.74) is 2.14. The van der Waals surface area contributed by atoms with Gasteiger partial charge in [-0.3, -0.25) is 9.59 Å². The number of carbonyl (C=O) groups excluding carboxylic acids is 1. The number of rotatable bonds is 4. The summed E-state index contributed by atoms with van der Waals surface area (Å²) >= 11 is 0. The Morgan fingerprint density at radius 1 is 1.00 bits per heavy atom. The Morgan fingerprint density at radius 2 is 1.61 bits per heavy atom. The smallest absolute Gasteiger partial charge is 0.310 e. The highest BCUT2D eigenvalue weighted by Gasteiger charge is 2.44. The third-order valence-electron chi connectivity index (χ3n) is 5.82. The van der Waals surface area contributed by atoms with E-state index in [4.69, 9.17) is 4.74 Å². The van der Waals surface area contributed by atoms with Gasteiger partial charge in [0.25, 0.3) is 5.91 Å². The minimum absolute atomic E-state index is 0.0991. The van der Waals surface area contributed by atoms with Crippen LogP contribution in [-0.4, -0.2) is 45.9 Å². The summed E-state index contributed by atoms with van der Waals surface area (Å²) in [6.07, 6.45) is 0. The second kappa shape index (κ2) is 8.02. The fourth-order valence-corrected chi connectivity index (χ4v) is 3.93. The highest BCUT2D eigenvalue weighted by atomic mass is 16.5. The number of carboxylic acid groups (broad SMARTS) is 1. The zero-order valence-electron chi connectivity index (χ0n) is 18.7. The Kier molecular flexibility index (Phi) is 5.34. The van der Waals surface area contributed by atoms with Crippen molar-refractivity contribution in [2.45, 2.75) is 19.8 Å². The van der Waals surface area contributed by atoms with E-state index in [2.05, 4.69) is 9.97 Å². The molecule has 1 atom stereocenters. The van der Waals surface area contributed by atoms with Gasteiger partial charge in [0.2, 0.25) is 11.8 Å². The van der Waals surface area contributed by atoms with Gasteiger partial charge in [0.15, 0.2) is 0 Å². The molecule has 8 nitrogen and oxygen atoms in total. The molecule has 0 saturated carbocycles. The predicted molar refractivity (Wildman–Crippen MR) is 120 cm³/mol. The molecule has 1 amide bonds. The molecule has 0 fully saturated rings. The molecule has 0 saturated heterocycles. The highest BCUT2D eigenvalue weighted by Crippen LogP contribution is 2.51. The zero-order chi connectivity index (χ0) is 23.9. The van der Waals surface area contributed by atoms with Crippen molar-refractivity contribution in [1.82, 2.24) is 14.9 Å². The minimum atomic E-state index is -1.18. The van der Waals surface area contributed by atoms with Crippen LogP contribution in [0.4, 0.5) is 0 Å². The molecule has 1 N–H and O–H groups in total. The number of aromatic nitrogens is 2. The molecule has 1 aliphatic heterocycles. The van der Waals surface area contributed by atoms with Gasteiger partial charge in [-0.1, -0.05) is 24.3 Å². The standard InChI is InChI=1S/C25H22N4O4/c1-25(2,24(31)32)20-17-10-9-16(13-26)27-21(17)33-22-18(20)11-12-19(28-22)14-5-7-15(8-6-14)23(30)29(3)4/h5-12,20H,1-4H3,(H,31,32). The second-order valence-electron chi connectivity index (χ2n) is 8.63. The monoisotopic (exact) mass is 442 g/mol. The molecule has 1 aromatic carbocycles. The van der Waals surface area contributed by atoms with Crippen LogP contribution in [0.5, 0.6) is 11.8 Å². The van der Waals surface area contributed by atoms with Crippen molar-refractivity contribution in [3.8, 4) is 29.1 Å². The molecule has 2 aromatic heterocycles. The first-order valence-electron chi connectivity index (χ1n) is 10.3. The number of hydrogen-bond acceptors (Lipinski definition) is 6. The maximum atomic E-state index is 12.2. The van der Waals surface area contributed by atoms with E-state index in [-0.39, 0.29) is 23.4 Å². The SMILES string of the molecule is CN(C)C(=O)c1ccc(-c2ccc3c(n2)Oc2nc(C#N)ccc2C3C(C)(C)C(=O)O)cc1. The van der Waals surface area contributed by atoms with E-state index in [1.807, 2.05) is 12.1 Å². The summed E-state index contributed by atoms with van der Waals surface area (Å²) in [5.74, 6) is -1.22. The Labute approximate surface area is 191 Å². The van der Waals surface area contributed by atoms with Crippen LogP contribution in [0, 0.1) is 16.7 Å². The first-order valence-corrected chi connectivity index (χ1v) is 10.3.